The van der Waals surface area contributed by atoms with Crippen LogP contribution in [0.3, 0.4) is 0 Å². The van der Waals surface area contributed by atoms with Crippen molar-refractivity contribution in [3.05, 3.63) is 75.3 Å². The highest BCUT2D eigenvalue weighted by atomic mass is 16.7. The molecule has 118 valence electrons. The summed E-state index contributed by atoms with van der Waals surface area (Å²) in [6.45, 7) is 1.79. The summed E-state index contributed by atoms with van der Waals surface area (Å²) in [7, 11) is 0. The number of rotatable bonds is 5. The lowest BCUT2D eigenvalue weighted by molar-refractivity contribution is -0.384. The summed E-state index contributed by atoms with van der Waals surface area (Å²) in [5.41, 5.74) is 7.62. The van der Waals surface area contributed by atoms with Crippen molar-refractivity contribution in [3.63, 3.8) is 0 Å². The van der Waals surface area contributed by atoms with Gasteiger partial charge in [0, 0.05) is 18.6 Å². The molecule has 0 aliphatic heterocycles. The zero-order valence-electron chi connectivity index (χ0n) is 12.4. The Balaban J connectivity index is 1.99. The zero-order valence-corrected chi connectivity index (χ0v) is 12.4. The molecule has 2 aromatic carbocycles. The Bertz CT molecular complexity index is 754. The van der Waals surface area contributed by atoms with E-state index in [9.17, 15) is 14.9 Å². The van der Waals surface area contributed by atoms with Crippen molar-refractivity contribution in [3.8, 4) is 0 Å². The number of hydrogen-bond acceptors (Lipinski definition) is 5. The van der Waals surface area contributed by atoms with E-state index in [4.69, 9.17) is 10.6 Å². The number of amidine groups is 1. The van der Waals surface area contributed by atoms with Crippen molar-refractivity contribution in [1.82, 2.24) is 0 Å². The van der Waals surface area contributed by atoms with Crippen molar-refractivity contribution in [2.75, 3.05) is 0 Å². The normalized spacial score (nSPS) is 11.1. The highest BCUT2D eigenvalue weighted by Gasteiger charge is 2.10. The number of carbonyl (C=O) groups excluding carboxylic acids is 1. The van der Waals surface area contributed by atoms with E-state index in [2.05, 4.69) is 5.16 Å². The lowest BCUT2D eigenvalue weighted by Crippen LogP contribution is -2.17. The number of non-ortho nitro benzene ring substituents is 1. The van der Waals surface area contributed by atoms with E-state index in [-0.39, 0.29) is 17.9 Å². The van der Waals surface area contributed by atoms with Crippen LogP contribution in [0.1, 0.15) is 21.5 Å². The van der Waals surface area contributed by atoms with Gasteiger partial charge in [0.1, 0.15) is 5.84 Å². The van der Waals surface area contributed by atoms with Crippen LogP contribution in [0.25, 0.3) is 0 Å². The fourth-order valence-electron chi connectivity index (χ4n) is 1.93. The highest BCUT2D eigenvalue weighted by molar-refractivity contribution is 5.91. The minimum Gasteiger partial charge on any atom is -0.384 e. The number of nitro groups is 1. The summed E-state index contributed by atoms with van der Waals surface area (Å²) in [5, 5.41) is 14.2. The van der Waals surface area contributed by atoms with E-state index < -0.39 is 10.9 Å². The predicted molar refractivity (Wildman–Crippen MR) is 85.0 cm³/mol. The molecule has 0 bridgehead atoms. The van der Waals surface area contributed by atoms with Crippen LogP contribution >= 0.6 is 0 Å². The molecule has 0 aliphatic rings. The van der Waals surface area contributed by atoms with Crippen LogP contribution in [0.15, 0.2) is 53.7 Å². The van der Waals surface area contributed by atoms with Crippen molar-refractivity contribution < 1.29 is 14.6 Å². The van der Waals surface area contributed by atoms with Gasteiger partial charge < -0.3 is 10.6 Å². The molecule has 7 nitrogen and oxygen atoms in total. The van der Waals surface area contributed by atoms with Crippen molar-refractivity contribution >= 4 is 17.5 Å². The van der Waals surface area contributed by atoms with Gasteiger partial charge in [-0.05, 0) is 24.1 Å². The predicted octanol–water partition coefficient (Wildman–Crippen LogP) is 2.57. The largest absolute Gasteiger partial charge is 0.384 e. The molecule has 7 heteroatoms. The number of nitro benzene ring substituents is 1. The zero-order chi connectivity index (χ0) is 16.8. The van der Waals surface area contributed by atoms with Gasteiger partial charge in [0.05, 0.1) is 10.5 Å². The maximum atomic E-state index is 11.9. The maximum absolute atomic E-state index is 11.9. The second kappa shape index (κ2) is 7.17. The second-order valence-electron chi connectivity index (χ2n) is 4.88. The Morgan fingerprint density at radius 1 is 1.22 bits per heavy atom. The fourth-order valence-corrected chi connectivity index (χ4v) is 1.93. The lowest BCUT2D eigenvalue weighted by Gasteiger charge is -2.03. The van der Waals surface area contributed by atoms with Gasteiger partial charge in [-0.2, -0.15) is 0 Å². The van der Waals surface area contributed by atoms with E-state index in [1.54, 1.807) is 37.3 Å². The van der Waals surface area contributed by atoms with Crippen molar-refractivity contribution in [2.45, 2.75) is 13.3 Å². The highest BCUT2D eigenvalue weighted by Crippen LogP contribution is 2.12. The topological polar surface area (TPSA) is 108 Å². The van der Waals surface area contributed by atoms with Gasteiger partial charge >= 0.3 is 5.97 Å². The first-order valence-electron chi connectivity index (χ1n) is 6.80. The summed E-state index contributed by atoms with van der Waals surface area (Å²) in [6, 6.07) is 12.9. The van der Waals surface area contributed by atoms with Crippen LogP contribution in [-0.2, 0) is 11.3 Å². The molecule has 2 aromatic rings. The molecular formula is C16H15N3O4. The quantitative estimate of drug-likeness (QED) is 0.300. The number of nitrogens with zero attached hydrogens (tertiary/aromatic N) is 2. The summed E-state index contributed by atoms with van der Waals surface area (Å²) >= 11 is 0. The average molecular weight is 313 g/mol. The van der Waals surface area contributed by atoms with Crippen LogP contribution in [0.2, 0.25) is 0 Å². The van der Waals surface area contributed by atoms with Gasteiger partial charge in [0.2, 0.25) is 0 Å². The SMILES string of the molecule is Cc1ccccc1C(=O)O/N=C(\N)Cc1ccc([N+](=O)[O-])cc1. The molecule has 0 saturated heterocycles. The number of benzene rings is 2. The molecule has 0 heterocycles. The summed E-state index contributed by atoms with van der Waals surface area (Å²) in [6.07, 6.45) is 0.221. The van der Waals surface area contributed by atoms with Crippen LogP contribution in [0.5, 0.6) is 0 Å². The first-order valence-corrected chi connectivity index (χ1v) is 6.80. The first-order chi connectivity index (χ1) is 11.0. The standard InChI is InChI=1S/C16H15N3O4/c1-11-4-2-3-5-14(11)16(20)23-18-15(17)10-12-6-8-13(9-7-12)19(21)22/h2-9H,10H2,1H3,(H2,17,18). The van der Waals surface area contributed by atoms with Gasteiger partial charge in [0.15, 0.2) is 0 Å². The minimum absolute atomic E-state index is 0.00441. The third-order valence-electron chi connectivity index (χ3n) is 3.14. The smallest absolute Gasteiger partial charge is 0.366 e. The third-order valence-corrected chi connectivity index (χ3v) is 3.14. The molecule has 23 heavy (non-hydrogen) atoms. The van der Waals surface area contributed by atoms with Crippen molar-refractivity contribution in [2.24, 2.45) is 10.9 Å². The molecule has 2 rings (SSSR count). The summed E-state index contributed by atoms with van der Waals surface area (Å²) in [4.78, 5) is 26.8. The summed E-state index contributed by atoms with van der Waals surface area (Å²) < 4.78 is 0. The summed E-state index contributed by atoms with van der Waals surface area (Å²) in [5.74, 6) is -0.490. The molecule has 0 aromatic heterocycles. The molecule has 0 atom stereocenters. The molecular weight excluding hydrogens is 298 g/mol. The van der Waals surface area contributed by atoms with Gasteiger partial charge in [-0.3, -0.25) is 10.1 Å². The van der Waals surface area contributed by atoms with Gasteiger partial charge in [-0.15, -0.1) is 0 Å². The molecule has 0 fully saturated rings. The third kappa shape index (κ3) is 4.37. The Hall–Kier alpha value is -3.22. The molecule has 0 amide bonds. The fraction of sp³-hybridized carbons (Fsp3) is 0.125. The molecule has 0 unspecified atom stereocenters. The van der Waals surface area contributed by atoms with Crippen LogP contribution in [0, 0.1) is 17.0 Å². The Morgan fingerprint density at radius 3 is 2.48 bits per heavy atom. The number of carbonyl (C=O) groups is 1. The number of oxime groups is 1. The second-order valence-corrected chi connectivity index (χ2v) is 4.88. The van der Waals surface area contributed by atoms with Gasteiger partial charge in [-0.1, -0.05) is 35.5 Å². The van der Waals surface area contributed by atoms with Gasteiger partial charge in [0.25, 0.3) is 5.69 Å². The Kier molecular flexibility index (Phi) is 5.03. The van der Waals surface area contributed by atoms with Crippen LogP contribution in [0.4, 0.5) is 5.69 Å². The molecule has 0 aliphatic carbocycles. The van der Waals surface area contributed by atoms with E-state index >= 15 is 0 Å². The van der Waals surface area contributed by atoms with E-state index in [1.165, 1.54) is 12.1 Å². The van der Waals surface area contributed by atoms with Crippen LogP contribution < -0.4 is 5.73 Å². The van der Waals surface area contributed by atoms with E-state index in [0.29, 0.717) is 5.56 Å². The Labute approximate surface area is 132 Å². The lowest BCUT2D eigenvalue weighted by atomic mass is 10.1. The minimum atomic E-state index is -0.588. The first kappa shape index (κ1) is 16.2. The number of hydrogen-bond donors (Lipinski definition) is 1. The van der Waals surface area contributed by atoms with Crippen molar-refractivity contribution in [1.29, 1.82) is 0 Å². The van der Waals surface area contributed by atoms with E-state index in [1.807, 2.05) is 6.07 Å². The maximum Gasteiger partial charge on any atom is 0.366 e. The average Bonchev–Trinajstić information content (AvgIpc) is 2.53. The molecule has 2 N–H and O–H groups in total. The molecule has 0 spiro atoms. The monoisotopic (exact) mass is 313 g/mol. The number of aryl methyl sites for hydroxylation is 1. The number of nitrogens with two attached hydrogens (primary N) is 1. The molecule has 0 saturated carbocycles. The van der Waals surface area contributed by atoms with Crippen LogP contribution in [-0.4, -0.2) is 16.7 Å². The molecule has 0 radical (unpaired) electrons. The Morgan fingerprint density at radius 2 is 1.87 bits per heavy atom. The van der Waals surface area contributed by atoms with Gasteiger partial charge in [-0.25, -0.2) is 4.79 Å². The van der Waals surface area contributed by atoms with E-state index in [0.717, 1.165) is 11.1 Å².